The maximum atomic E-state index is 5.08. The molecule has 0 saturated carbocycles. The van der Waals surface area contributed by atoms with E-state index in [1.54, 1.807) is 0 Å². The number of fused-ring (bicyclic) bond motifs is 6. The first-order valence-electron chi connectivity index (χ1n) is 9.70. The van der Waals surface area contributed by atoms with Gasteiger partial charge in [0.15, 0.2) is 0 Å². The van der Waals surface area contributed by atoms with Gasteiger partial charge in [-0.05, 0) is 60.7 Å². The number of hydrogen-bond acceptors (Lipinski definition) is 2. The van der Waals surface area contributed by atoms with E-state index < -0.39 is 0 Å². The molecule has 0 spiro atoms. The molecule has 28 heavy (non-hydrogen) atoms. The van der Waals surface area contributed by atoms with Crippen molar-refractivity contribution in [3.8, 4) is 11.3 Å². The summed E-state index contributed by atoms with van der Waals surface area (Å²) in [5.41, 5.74) is 9.23. The van der Waals surface area contributed by atoms with Crippen LogP contribution in [0.2, 0.25) is 0 Å². The minimum Gasteiger partial charge on any atom is -0.252 e. The maximum absolute atomic E-state index is 5.08. The Labute approximate surface area is 164 Å². The summed E-state index contributed by atoms with van der Waals surface area (Å²) in [6.45, 7) is 8.80. The van der Waals surface area contributed by atoms with Gasteiger partial charge in [0, 0.05) is 16.3 Å². The standard InChI is InChI=1S/C26H22N2/c1-15-10-12-20-23(17(15)3)24-18(4)16(2)11-13-21(24)26-25(20)27-14-22(28-26)19-8-6-5-7-9-19/h5-14H,1-4H3. The third-order valence-corrected chi connectivity index (χ3v) is 6.07. The van der Waals surface area contributed by atoms with Crippen molar-refractivity contribution in [3.63, 3.8) is 0 Å². The Morgan fingerprint density at radius 3 is 1.79 bits per heavy atom. The zero-order valence-electron chi connectivity index (χ0n) is 16.7. The van der Waals surface area contributed by atoms with Crippen LogP contribution in [0.3, 0.4) is 0 Å². The van der Waals surface area contributed by atoms with E-state index in [0.29, 0.717) is 0 Å². The number of benzene rings is 4. The number of rotatable bonds is 1. The number of hydrogen-bond donors (Lipinski definition) is 0. The molecule has 2 nitrogen and oxygen atoms in total. The minimum atomic E-state index is 0.913. The molecule has 0 saturated heterocycles. The van der Waals surface area contributed by atoms with Crippen molar-refractivity contribution in [3.05, 3.63) is 83.0 Å². The molecule has 0 bridgehead atoms. The van der Waals surface area contributed by atoms with Gasteiger partial charge in [-0.15, -0.1) is 0 Å². The molecule has 0 amide bonds. The Kier molecular flexibility index (Phi) is 3.70. The molecule has 0 unspecified atom stereocenters. The highest BCUT2D eigenvalue weighted by atomic mass is 14.8. The van der Waals surface area contributed by atoms with Gasteiger partial charge in [0.05, 0.1) is 22.9 Å². The molecule has 0 atom stereocenters. The van der Waals surface area contributed by atoms with Crippen LogP contribution in [-0.2, 0) is 0 Å². The van der Waals surface area contributed by atoms with Gasteiger partial charge in [-0.1, -0.05) is 54.6 Å². The average molecular weight is 362 g/mol. The lowest BCUT2D eigenvalue weighted by molar-refractivity contribution is 1.30. The highest BCUT2D eigenvalue weighted by Gasteiger charge is 2.16. The quantitative estimate of drug-likeness (QED) is 0.305. The van der Waals surface area contributed by atoms with Gasteiger partial charge in [0.1, 0.15) is 0 Å². The summed E-state index contributed by atoms with van der Waals surface area (Å²) in [7, 11) is 0. The fourth-order valence-electron chi connectivity index (χ4n) is 4.19. The van der Waals surface area contributed by atoms with Crippen molar-refractivity contribution in [1.82, 2.24) is 9.97 Å². The van der Waals surface area contributed by atoms with Crippen LogP contribution in [0.25, 0.3) is 43.8 Å². The first-order valence-corrected chi connectivity index (χ1v) is 9.70. The Morgan fingerprint density at radius 2 is 1.18 bits per heavy atom. The predicted molar refractivity (Wildman–Crippen MR) is 119 cm³/mol. The Balaban J connectivity index is 2.03. The van der Waals surface area contributed by atoms with Crippen LogP contribution >= 0.6 is 0 Å². The lowest BCUT2D eigenvalue weighted by Crippen LogP contribution is -1.96. The molecule has 4 aromatic carbocycles. The largest absolute Gasteiger partial charge is 0.252 e. The van der Waals surface area contributed by atoms with Crippen molar-refractivity contribution in [2.24, 2.45) is 0 Å². The van der Waals surface area contributed by atoms with Crippen molar-refractivity contribution in [1.29, 1.82) is 0 Å². The molecule has 1 aromatic heterocycles. The first-order chi connectivity index (χ1) is 13.6. The van der Waals surface area contributed by atoms with Crippen LogP contribution < -0.4 is 0 Å². The molecule has 0 N–H and O–H groups in total. The molecular weight excluding hydrogens is 340 g/mol. The van der Waals surface area contributed by atoms with Crippen LogP contribution in [0.5, 0.6) is 0 Å². The van der Waals surface area contributed by atoms with E-state index in [1.807, 2.05) is 24.4 Å². The van der Waals surface area contributed by atoms with E-state index in [1.165, 1.54) is 43.8 Å². The normalized spacial score (nSPS) is 11.6. The average Bonchev–Trinajstić information content (AvgIpc) is 2.73. The van der Waals surface area contributed by atoms with Crippen molar-refractivity contribution in [2.75, 3.05) is 0 Å². The van der Waals surface area contributed by atoms with Gasteiger partial charge in [-0.3, -0.25) is 4.98 Å². The first kappa shape index (κ1) is 16.9. The summed E-state index contributed by atoms with van der Waals surface area (Å²) in [5, 5.41) is 4.99. The van der Waals surface area contributed by atoms with Crippen molar-refractivity contribution in [2.45, 2.75) is 27.7 Å². The molecular formula is C26H22N2. The van der Waals surface area contributed by atoms with Gasteiger partial charge in [-0.2, -0.15) is 0 Å². The summed E-state index contributed by atoms with van der Waals surface area (Å²) < 4.78 is 0. The Hall–Kier alpha value is -3.26. The fraction of sp³-hybridized carbons (Fsp3) is 0.154. The topological polar surface area (TPSA) is 25.8 Å². The van der Waals surface area contributed by atoms with Crippen LogP contribution in [0.4, 0.5) is 0 Å². The molecule has 5 rings (SSSR count). The van der Waals surface area contributed by atoms with Crippen LogP contribution in [0.1, 0.15) is 22.3 Å². The highest BCUT2D eigenvalue weighted by Crippen LogP contribution is 2.39. The molecule has 136 valence electrons. The van der Waals surface area contributed by atoms with Crippen molar-refractivity contribution >= 4 is 32.6 Å². The van der Waals surface area contributed by atoms with Gasteiger partial charge >= 0.3 is 0 Å². The molecule has 0 aliphatic rings. The second kappa shape index (κ2) is 6.13. The number of aryl methyl sites for hydroxylation is 4. The van der Waals surface area contributed by atoms with E-state index in [0.717, 1.165) is 22.3 Å². The summed E-state index contributed by atoms with van der Waals surface area (Å²) in [6, 6.07) is 19.1. The molecule has 1 heterocycles. The fourth-order valence-corrected chi connectivity index (χ4v) is 4.19. The summed E-state index contributed by atoms with van der Waals surface area (Å²) in [5.74, 6) is 0. The van der Waals surface area contributed by atoms with E-state index in [-0.39, 0.29) is 0 Å². The van der Waals surface area contributed by atoms with Crippen LogP contribution in [-0.4, -0.2) is 9.97 Å². The molecule has 2 heteroatoms. The third-order valence-electron chi connectivity index (χ3n) is 6.07. The van der Waals surface area contributed by atoms with Gasteiger partial charge in [0.2, 0.25) is 0 Å². The lowest BCUT2D eigenvalue weighted by atomic mass is 9.90. The van der Waals surface area contributed by atoms with E-state index in [9.17, 15) is 0 Å². The smallest absolute Gasteiger partial charge is 0.0979 e. The monoisotopic (exact) mass is 362 g/mol. The second-order valence-electron chi connectivity index (χ2n) is 7.68. The lowest BCUT2D eigenvalue weighted by Gasteiger charge is -2.16. The van der Waals surface area contributed by atoms with Gasteiger partial charge in [-0.25, -0.2) is 4.98 Å². The number of aromatic nitrogens is 2. The predicted octanol–water partition coefficient (Wildman–Crippen LogP) is 6.84. The molecule has 0 aliphatic carbocycles. The number of nitrogens with zero attached hydrogens (tertiary/aromatic N) is 2. The minimum absolute atomic E-state index is 0.913. The SMILES string of the molecule is Cc1ccc2c3ncc(-c4ccccc4)nc3c3ccc(C)c(C)c3c2c1C. The molecule has 5 aromatic rings. The van der Waals surface area contributed by atoms with Crippen molar-refractivity contribution < 1.29 is 0 Å². The van der Waals surface area contributed by atoms with Crippen LogP contribution in [0.15, 0.2) is 60.8 Å². The Bertz CT molecular complexity index is 1380. The van der Waals surface area contributed by atoms with E-state index in [2.05, 4.69) is 64.1 Å². The Morgan fingerprint density at radius 1 is 0.607 bits per heavy atom. The zero-order valence-corrected chi connectivity index (χ0v) is 16.7. The van der Waals surface area contributed by atoms with Crippen LogP contribution in [0, 0.1) is 27.7 Å². The zero-order chi connectivity index (χ0) is 19.4. The van der Waals surface area contributed by atoms with Gasteiger partial charge in [0.25, 0.3) is 0 Å². The molecule has 0 aliphatic heterocycles. The maximum Gasteiger partial charge on any atom is 0.0979 e. The highest BCUT2D eigenvalue weighted by molar-refractivity contribution is 6.25. The second-order valence-corrected chi connectivity index (χ2v) is 7.68. The van der Waals surface area contributed by atoms with E-state index in [4.69, 9.17) is 9.97 Å². The van der Waals surface area contributed by atoms with Gasteiger partial charge < -0.3 is 0 Å². The molecule has 0 radical (unpaired) electrons. The summed E-state index contributed by atoms with van der Waals surface area (Å²) >= 11 is 0. The summed E-state index contributed by atoms with van der Waals surface area (Å²) in [4.78, 5) is 9.98. The van der Waals surface area contributed by atoms with E-state index >= 15 is 0 Å². The summed E-state index contributed by atoms with van der Waals surface area (Å²) in [6.07, 6.45) is 1.90. The third kappa shape index (κ3) is 2.34. The molecule has 0 fully saturated rings.